The second-order valence-electron chi connectivity index (χ2n) is 15.2. The Morgan fingerprint density at radius 1 is 0.574 bits per heavy atom. The second-order valence-corrected chi connectivity index (χ2v) is 16.3. The summed E-state index contributed by atoms with van der Waals surface area (Å²) < 4.78 is 94.0. The Morgan fingerprint density at radius 2 is 0.951 bits per heavy atom. The molecule has 0 saturated heterocycles. The highest BCUT2D eigenvalue weighted by Gasteiger charge is 2.41. The molecule has 0 radical (unpaired) electrons. The molecule has 4 rings (SSSR count). The van der Waals surface area contributed by atoms with E-state index in [1.165, 1.54) is 24.3 Å². The van der Waals surface area contributed by atoms with Gasteiger partial charge >= 0.3 is 12.4 Å². The maximum atomic E-state index is 15.7. The summed E-state index contributed by atoms with van der Waals surface area (Å²) >= 11 is 0.360. The van der Waals surface area contributed by atoms with E-state index in [4.69, 9.17) is 10.2 Å². The van der Waals surface area contributed by atoms with Gasteiger partial charge in [-0.05, 0) is 108 Å². The number of hydrogen-bond acceptors (Lipinski definition) is 5. The van der Waals surface area contributed by atoms with E-state index >= 15 is 26.3 Å². The molecule has 0 aromatic heterocycles. The third-order valence-electron chi connectivity index (χ3n) is 9.99. The zero-order chi connectivity index (χ0) is 44.7. The molecule has 0 aliphatic rings. The van der Waals surface area contributed by atoms with Crippen LogP contribution in [0.4, 0.5) is 26.3 Å². The zero-order valence-corrected chi connectivity index (χ0v) is 35.7. The number of rotatable bonds is 20. The number of alkyl halides is 6. The molecule has 0 bridgehead atoms. The van der Waals surface area contributed by atoms with E-state index in [-0.39, 0.29) is 58.4 Å². The van der Waals surface area contributed by atoms with Crippen molar-refractivity contribution in [2.24, 2.45) is 0 Å². The highest BCUT2D eigenvalue weighted by atomic mass is 32.2. The third kappa shape index (κ3) is 13.6. The van der Waals surface area contributed by atoms with Gasteiger partial charge in [0.1, 0.15) is 0 Å². The fraction of sp³-hybridized carbons (Fsp3) is 0.375. The Morgan fingerprint density at radius 3 is 1.30 bits per heavy atom. The SMILES string of the molecule is CC(C)c1ccccc1-c1c(C=CC(=O)NCCCCCO)ccc(Sc2ccc(C=CC(=O)NCCCCCO)c(-c3ccccc3C(C)C)c2C(F)(F)F)c1C(F)(F)F. The third-order valence-corrected chi connectivity index (χ3v) is 11.1. The van der Waals surface area contributed by atoms with Gasteiger partial charge in [0.05, 0.1) is 11.1 Å². The molecule has 328 valence electrons. The first kappa shape index (κ1) is 48.8. The molecule has 0 saturated carbocycles. The summed E-state index contributed by atoms with van der Waals surface area (Å²) in [6, 6.07) is 18.1. The highest BCUT2D eigenvalue weighted by molar-refractivity contribution is 7.99. The number of carbonyl (C=O) groups is 2. The molecule has 4 aromatic rings. The number of unbranched alkanes of at least 4 members (excludes halogenated alkanes) is 4. The van der Waals surface area contributed by atoms with Gasteiger partial charge in [0.15, 0.2) is 0 Å². The van der Waals surface area contributed by atoms with Crippen LogP contribution in [0.1, 0.15) is 111 Å². The Bertz CT molecular complexity index is 2010. The van der Waals surface area contributed by atoms with Gasteiger partial charge in [0.25, 0.3) is 0 Å². The fourth-order valence-electron chi connectivity index (χ4n) is 7.06. The van der Waals surface area contributed by atoms with E-state index in [9.17, 15) is 9.59 Å². The van der Waals surface area contributed by atoms with Crippen molar-refractivity contribution < 1.29 is 46.1 Å². The van der Waals surface area contributed by atoms with Crippen molar-refractivity contribution >= 4 is 35.7 Å². The van der Waals surface area contributed by atoms with Crippen LogP contribution in [0, 0.1) is 0 Å². The second kappa shape index (κ2) is 22.8. The minimum absolute atomic E-state index is 0.0199. The number of aliphatic hydroxyl groups excluding tert-OH is 2. The van der Waals surface area contributed by atoms with Crippen LogP contribution in [0.15, 0.2) is 94.7 Å². The summed E-state index contributed by atoms with van der Waals surface area (Å²) in [6.45, 7) is 7.96. The number of amides is 2. The average Bonchev–Trinajstić information content (AvgIpc) is 3.21. The Labute approximate surface area is 358 Å². The lowest BCUT2D eigenvalue weighted by atomic mass is 9.87. The van der Waals surface area contributed by atoms with Crippen molar-refractivity contribution in [3.63, 3.8) is 0 Å². The number of benzene rings is 4. The first-order valence-electron chi connectivity index (χ1n) is 20.5. The largest absolute Gasteiger partial charge is 0.418 e. The maximum absolute atomic E-state index is 15.7. The van der Waals surface area contributed by atoms with E-state index in [1.54, 1.807) is 48.5 Å². The van der Waals surface area contributed by atoms with E-state index in [1.807, 2.05) is 27.7 Å². The zero-order valence-electron chi connectivity index (χ0n) is 34.9. The van der Waals surface area contributed by atoms with Crippen LogP contribution in [0.3, 0.4) is 0 Å². The average molecular weight is 869 g/mol. The van der Waals surface area contributed by atoms with Crippen LogP contribution in [-0.2, 0) is 21.9 Å². The quantitative estimate of drug-likeness (QED) is 0.0403. The highest BCUT2D eigenvalue weighted by Crippen LogP contribution is 2.52. The fourth-order valence-corrected chi connectivity index (χ4v) is 8.21. The van der Waals surface area contributed by atoms with Crippen LogP contribution in [-0.4, -0.2) is 48.3 Å². The molecule has 0 fully saturated rings. The molecular formula is C48H54F6N2O4S. The van der Waals surface area contributed by atoms with Crippen LogP contribution >= 0.6 is 11.8 Å². The summed E-state index contributed by atoms with van der Waals surface area (Å²) in [4.78, 5) is 24.6. The lowest BCUT2D eigenvalue weighted by Gasteiger charge is -2.25. The molecule has 0 aliphatic carbocycles. The minimum atomic E-state index is -5.06. The van der Waals surface area contributed by atoms with Gasteiger partial charge in [-0.3, -0.25) is 9.59 Å². The van der Waals surface area contributed by atoms with Crippen LogP contribution in [0.25, 0.3) is 34.4 Å². The monoisotopic (exact) mass is 868 g/mol. The van der Waals surface area contributed by atoms with Crippen molar-refractivity contribution in [3.8, 4) is 22.3 Å². The summed E-state index contributed by atoms with van der Waals surface area (Å²) in [5.41, 5.74) is -1.12. The van der Waals surface area contributed by atoms with Gasteiger partial charge in [-0.25, -0.2) is 0 Å². The molecule has 13 heteroatoms. The van der Waals surface area contributed by atoms with Crippen molar-refractivity contribution in [1.29, 1.82) is 0 Å². The lowest BCUT2D eigenvalue weighted by Crippen LogP contribution is -2.22. The van der Waals surface area contributed by atoms with Gasteiger partial charge in [-0.1, -0.05) is 100 Å². The van der Waals surface area contributed by atoms with E-state index in [2.05, 4.69) is 10.6 Å². The molecule has 0 atom stereocenters. The van der Waals surface area contributed by atoms with Crippen molar-refractivity contribution in [1.82, 2.24) is 10.6 Å². The van der Waals surface area contributed by atoms with Gasteiger partial charge in [0, 0.05) is 59.4 Å². The lowest BCUT2D eigenvalue weighted by molar-refractivity contribution is -0.139. The van der Waals surface area contributed by atoms with Crippen molar-refractivity contribution in [2.75, 3.05) is 26.3 Å². The van der Waals surface area contributed by atoms with E-state index < -0.39 is 45.1 Å². The molecule has 6 nitrogen and oxygen atoms in total. The van der Waals surface area contributed by atoms with Crippen molar-refractivity contribution in [2.45, 2.75) is 100 Å². The smallest absolute Gasteiger partial charge is 0.396 e. The Hall–Kier alpha value is -4.85. The standard InChI is InChI=1S/C48H54F6N2O4S/c1-31(2)35-15-7-9-17-37(35)43-33(21-25-41(59)55-27-11-5-13-29-57)19-23-39(45(43)47(49,50)51)61-40-24-20-34(22-26-42(60)56-28-12-6-14-30-58)44(46(40)48(52,53)54)38-18-10-8-16-36(38)32(3)4/h7-10,15-26,31-32,57-58H,5-6,11-14,27-30H2,1-4H3,(H,55,59)(H,56,60). The predicted octanol–water partition coefficient (Wildman–Crippen LogP) is 12.0. The Balaban J connectivity index is 1.97. The molecule has 4 N–H and O–H groups in total. The molecule has 0 spiro atoms. The topological polar surface area (TPSA) is 98.7 Å². The molecule has 0 aliphatic heterocycles. The van der Waals surface area contributed by atoms with Gasteiger partial charge in [-0.2, -0.15) is 26.3 Å². The number of aliphatic hydroxyl groups is 2. The van der Waals surface area contributed by atoms with E-state index in [0.717, 1.165) is 24.3 Å². The van der Waals surface area contributed by atoms with Crippen molar-refractivity contribution in [3.05, 3.63) is 118 Å². The molecule has 0 unspecified atom stereocenters. The molecular weight excluding hydrogens is 815 g/mol. The van der Waals surface area contributed by atoms with Crippen LogP contribution < -0.4 is 10.6 Å². The minimum Gasteiger partial charge on any atom is -0.396 e. The summed E-state index contributed by atoms with van der Waals surface area (Å²) in [7, 11) is 0. The summed E-state index contributed by atoms with van der Waals surface area (Å²) in [5, 5.41) is 23.4. The van der Waals surface area contributed by atoms with Gasteiger partial charge in [-0.15, -0.1) is 0 Å². The number of carbonyl (C=O) groups excluding carboxylic acids is 2. The predicted molar refractivity (Wildman–Crippen MR) is 232 cm³/mol. The normalized spacial score (nSPS) is 12.3. The maximum Gasteiger partial charge on any atom is 0.418 e. The van der Waals surface area contributed by atoms with E-state index in [0.29, 0.717) is 74.5 Å². The number of hydrogen-bond donors (Lipinski definition) is 4. The van der Waals surface area contributed by atoms with Crippen LogP contribution in [0.2, 0.25) is 0 Å². The molecule has 61 heavy (non-hydrogen) atoms. The summed E-state index contributed by atoms with van der Waals surface area (Å²) in [5.74, 6) is -1.54. The summed E-state index contributed by atoms with van der Waals surface area (Å²) in [6.07, 6.45) is -1.57. The number of nitrogens with one attached hydrogen (secondary N) is 2. The number of halogens is 6. The first-order valence-corrected chi connectivity index (χ1v) is 21.3. The Kier molecular flexibility index (Phi) is 18.3. The molecule has 0 heterocycles. The van der Waals surface area contributed by atoms with Gasteiger partial charge < -0.3 is 20.8 Å². The molecule has 4 aromatic carbocycles. The molecule has 2 amide bonds. The van der Waals surface area contributed by atoms with Gasteiger partial charge in [0.2, 0.25) is 11.8 Å². The first-order chi connectivity index (χ1) is 29.0. The van der Waals surface area contributed by atoms with Crippen LogP contribution in [0.5, 0.6) is 0 Å².